The Morgan fingerprint density at radius 2 is 1.96 bits per heavy atom. The van der Waals surface area contributed by atoms with Crippen LogP contribution in [0.2, 0.25) is 0 Å². The molecular weight excluding hydrogens is 372 g/mol. The number of pyridine rings is 1. The first-order valence-corrected chi connectivity index (χ1v) is 10.7. The van der Waals surface area contributed by atoms with E-state index < -0.39 is 0 Å². The van der Waals surface area contributed by atoms with E-state index >= 15 is 0 Å². The first-order chi connectivity index (χ1) is 13.1. The standard InChI is InChI=1S/C22H18N2OS2/c1-12-7-9-13(10-8-12)17-14-4-2-5-15(14)24-22-18(17)19(23)21(27-22)20(25)16-6-3-11-26-16/h3,6-11H,2,4-5,23H2,1H3. The zero-order valence-corrected chi connectivity index (χ0v) is 16.5. The van der Waals surface area contributed by atoms with Crippen LogP contribution < -0.4 is 5.73 Å². The largest absolute Gasteiger partial charge is 0.397 e. The van der Waals surface area contributed by atoms with Crippen LogP contribution in [0.4, 0.5) is 5.69 Å². The monoisotopic (exact) mass is 390 g/mol. The highest BCUT2D eigenvalue weighted by Gasteiger charge is 2.27. The van der Waals surface area contributed by atoms with Crippen LogP contribution in [0.1, 0.15) is 37.8 Å². The SMILES string of the molecule is Cc1ccc(-c2c3c(nc4sc(C(=O)c5cccs5)c(N)c24)CCC3)cc1. The summed E-state index contributed by atoms with van der Waals surface area (Å²) in [6, 6.07) is 12.3. The van der Waals surface area contributed by atoms with E-state index in [1.54, 1.807) is 0 Å². The van der Waals surface area contributed by atoms with Gasteiger partial charge in [-0.25, -0.2) is 4.98 Å². The molecule has 134 valence electrons. The number of nitrogens with zero attached hydrogens (tertiary/aromatic N) is 1. The van der Waals surface area contributed by atoms with E-state index in [-0.39, 0.29) is 5.78 Å². The summed E-state index contributed by atoms with van der Waals surface area (Å²) in [4.78, 5) is 20.1. The summed E-state index contributed by atoms with van der Waals surface area (Å²) in [6.45, 7) is 2.09. The third kappa shape index (κ3) is 2.61. The number of thiophene rings is 2. The summed E-state index contributed by atoms with van der Waals surface area (Å²) >= 11 is 2.88. The minimum absolute atomic E-state index is 0.000477. The molecule has 0 atom stereocenters. The molecule has 1 aliphatic carbocycles. The van der Waals surface area contributed by atoms with E-state index in [2.05, 4.69) is 31.2 Å². The van der Waals surface area contributed by atoms with Crippen molar-refractivity contribution in [3.63, 3.8) is 0 Å². The van der Waals surface area contributed by atoms with Gasteiger partial charge in [0.05, 0.1) is 10.6 Å². The zero-order chi connectivity index (χ0) is 18.5. The number of nitrogen functional groups attached to an aromatic ring is 1. The van der Waals surface area contributed by atoms with Crippen molar-refractivity contribution >= 4 is 44.4 Å². The number of fused-ring (bicyclic) bond motifs is 2. The summed E-state index contributed by atoms with van der Waals surface area (Å²) in [6.07, 6.45) is 3.14. The molecule has 0 amide bonds. The fourth-order valence-electron chi connectivity index (χ4n) is 3.87. The molecule has 4 aromatic rings. The van der Waals surface area contributed by atoms with E-state index in [1.165, 1.54) is 39.4 Å². The van der Waals surface area contributed by atoms with Crippen molar-refractivity contribution in [1.82, 2.24) is 4.98 Å². The predicted octanol–water partition coefficient (Wildman–Crippen LogP) is 5.64. The van der Waals surface area contributed by atoms with Crippen molar-refractivity contribution < 1.29 is 4.79 Å². The summed E-state index contributed by atoms with van der Waals surface area (Å²) in [5, 5.41) is 2.87. The third-order valence-electron chi connectivity index (χ3n) is 5.19. The van der Waals surface area contributed by atoms with Crippen LogP contribution in [0.15, 0.2) is 41.8 Å². The van der Waals surface area contributed by atoms with E-state index in [9.17, 15) is 4.79 Å². The Morgan fingerprint density at radius 3 is 2.70 bits per heavy atom. The van der Waals surface area contributed by atoms with Crippen molar-refractivity contribution in [2.75, 3.05) is 5.73 Å². The predicted molar refractivity (Wildman–Crippen MR) is 114 cm³/mol. The molecule has 0 bridgehead atoms. The molecular formula is C22H18N2OS2. The Morgan fingerprint density at radius 1 is 1.15 bits per heavy atom. The minimum Gasteiger partial charge on any atom is -0.397 e. The Kier molecular flexibility index (Phi) is 3.88. The molecule has 3 heterocycles. The van der Waals surface area contributed by atoms with E-state index in [0.29, 0.717) is 10.6 Å². The maximum absolute atomic E-state index is 13.0. The maximum atomic E-state index is 13.0. The average Bonchev–Trinajstić information content (AvgIpc) is 3.41. The van der Waals surface area contributed by atoms with Crippen molar-refractivity contribution in [3.8, 4) is 11.1 Å². The van der Waals surface area contributed by atoms with Crippen LogP contribution in [-0.4, -0.2) is 10.8 Å². The van der Waals surface area contributed by atoms with Gasteiger partial charge in [-0.2, -0.15) is 0 Å². The topological polar surface area (TPSA) is 56.0 Å². The van der Waals surface area contributed by atoms with Crippen LogP contribution in [0.3, 0.4) is 0 Å². The molecule has 0 unspecified atom stereocenters. The summed E-state index contributed by atoms with van der Waals surface area (Å²) < 4.78 is 0. The lowest BCUT2D eigenvalue weighted by Gasteiger charge is -2.11. The van der Waals surface area contributed by atoms with E-state index in [1.807, 2.05) is 17.5 Å². The minimum atomic E-state index is 0.000477. The number of aromatic nitrogens is 1. The zero-order valence-electron chi connectivity index (χ0n) is 14.9. The number of nitrogens with two attached hydrogens (primary N) is 1. The molecule has 5 rings (SSSR count). The highest BCUT2D eigenvalue weighted by molar-refractivity contribution is 7.22. The lowest BCUT2D eigenvalue weighted by Crippen LogP contribution is -2.00. The van der Waals surface area contributed by atoms with E-state index in [0.717, 1.165) is 45.6 Å². The van der Waals surface area contributed by atoms with Crippen molar-refractivity contribution in [1.29, 1.82) is 0 Å². The Labute approximate surface area is 165 Å². The molecule has 0 saturated heterocycles. The molecule has 5 heteroatoms. The number of carbonyl (C=O) groups excluding carboxylic acids is 1. The summed E-state index contributed by atoms with van der Waals surface area (Å²) in [5.74, 6) is 0.000477. The smallest absolute Gasteiger partial charge is 0.215 e. The Hall–Kier alpha value is -2.50. The first kappa shape index (κ1) is 16.7. The van der Waals surface area contributed by atoms with Crippen molar-refractivity contribution in [2.24, 2.45) is 0 Å². The van der Waals surface area contributed by atoms with Crippen molar-refractivity contribution in [2.45, 2.75) is 26.2 Å². The van der Waals surface area contributed by atoms with Crippen LogP contribution >= 0.6 is 22.7 Å². The highest BCUT2D eigenvalue weighted by Crippen LogP contribution is 2.44. The second kappa shape index (κ2) is 6.29. The van der Waals surface area contributed by atoms with E-state index in [4.69, 9.17) is 10.7 Å². The normalized spacial score (nSPS) is 13.2. The first-order valence-electron chi connectivity index (χ1n) is 9.02. The van der Waals surface area contributed by atoms with Crippen LogP contribution in [0, 0.1) is 6.92 Å². The molecule has 3 nitrogen and oxygen atoms in total. The molecule has 1 aliphatic rings. The van der Waals surface area contributed by atoms with Gasteiger partial charge in [0.1, 0.15) is 9.71 Å². The molecule has 0 fully saturated rings. The third-order valence-corrected chi connectivity index (χ3v) is 7.16. The van der Waals surface area contributed by atoms with Gasteiger partial charge in [0.25, 0.3) is 0 Å². The molecule has 0 spiro atoms. The van der Waals surface area contributed by atoms with Gasteiger partial charge in [-0.15, -0.1) is 22.7 Å². The lowest BCUT2D eigenvalue weighted by atomic mass is 9.95. The van der Waals surface area contributed by atoms with Gasteiger partial charge >= 0.3 is 0 Å². The number of anilines is 1. The molecule has 1 aromatic carbocycles. The van der Waals surface area contributed by atoms with Gasteiger partial charge in [-0.05, 0) is 54.3 Å². The molecule has 0 saturated carbocycles. The lowest BCUT2D eigenvalue weighted by molar-refractivity contribution is 0.104. The Balaban J connectivity index is 1.80. The quantitative estimate of drug-likeness (QED) is 0.461. The molecule has 0 aliphatic heterocycles. The maximum Gasteiger partial charge on any atom is 0.215 e. The summed E-state index contributed by atoms with van der Waals surface area (Å²) in [5.41, 5.74) is 13.2. The van der Waals surface area contributed by atoms with Crippen molar-refractivity contribution in [3.05, 3.63) is 68.4 Å². The molecule has 2 N–H and O–H groups in total. The fourth-order valence-corrected chi connectivity index (χ4v) is 5.69. The molecule has 27 heavy (non-hydrogen) atoms. The molecule has 0 radical (unpaired) electrons. The van der Waals surface area contributed by atoms with Crippen LogP contribution in [0.5, 0.6) is 0 Å². The second-order valence-electron chi connectivity index (χ2n) is 6.96. The van der Waals surface area contributed by atoms with Gasteiger partial charge in [0, 0.05) is 11.1 Å². The number of rotatable bonds is 3. The fraction of sp³-hybridized carbons (Fsp3) is 0.182. The number of ketones is 1. The highest BCUT2D eigenvalue weighted by atomic mass is 32.1. The summed E-state index contributed by atoms with van der Waals surface area (Å²) in [7, 11) is 0. The van der Waals surface area contributed by atoms with Gasteiger partial charge in [-0.3, -0.25) is 4.79 Å². The number of benzene rings is 1. The van der Waals surface area contributed by atoms with Gasteiger partial charge in [0.2, 0.25) is 5.78 Å². The van der Waals surface area contributed by atoms with Crippen LogP contribution in [-0.2, 0) is 12.8 Å². The Bertz CT molecular complexity index is 1170. The van der Waals surface area contributed by atoms with Gasteiger partial charge < -0.3 is 5.73 Å². The number of aryl methyl sites for hydroxylation is 2. The average molecular weight is 391 g/mol. The number of carbonyl (C=O) groups is 1. The van der Waals surface area contributed by atoms with Gasteiger partial charge in [-0.1, -0.05) is 35.9 Å². The van der Waals surface area contributed by atoms with Gasteiger partial charge in [0.15, 0.2) is 0 Å². The number of hydrogen-bond donors (Lipinski definition) is 1. The number of hydrogen-bond acceptors (Lipinski definition) is 5. The molecule has 3 aromatic heterocycles. The second-order valence-corrected chi connectivity index (χ2v) is 8.91. The van der Waals surface area contributed by atoms with Crippen LogP contribution in [0.25, 0.3) is 21.3 Å².